The lowest BCUT2D eigenvalue weighted by Gasteiger charge is -2.41. The Morgan fingerprint density at radius 1 is 1.35 bits per heavy atom. The predicted octanol–water partition coefficient (Wildman–Crippen LogP) is 3.19. The summed E-state index contributed by atoms with van der Waals surface area (Å²) in [6, 6.07) is 4.76. The number of nitro groups is 1. The van der Waals surface area contributed by atoms with Crippen LogP contribution in [0, 0.1) is 10.1 Å². The Kier molecular flexibility index (Phi) is 6.07. The van der Waals surface area contributed by atoms with Gasteiger partial charge < -0.3 is 19.3 Å². The number of carbonyl (C=O) groups is 1. The third-order valence-corrected chi connectivity index (χ3v) is 4.17. The molecule has 26 heavy (non-hydrogen) atoms. The molecule has 1 amide bonds. The fourth-order valence-electron chi connectivity index (χ4n) is 3.03. The minimum atomic E-state index is -0.530. The van der Waals surface area contributed by atoms with Crippen LogP contribution >= 0.6 is 0 Å². The first-order valence-corrected chi connectivity index (χ1v) is 8.63. The normalized spacial score (nSPS) is 18.0. The molecule has 0 unspecified atom stereocenters. The summed E-state index contributed by atoms with van der Waals surface area (Å²) in [5.74, 6) is 0. The third kappa shape index (κ3) is 4.85. The summed E-state index contributed by atoms with van der Waals surface area (Å²) < 4.78 is 10.7. The van der Waals surface area contributed by atoms with Gasteiger partial charge in [0.2, 0.25) is 0 Å². The van der Waals surface area contributed by atoms with Gasteiger partial charge in [0.1, 0.15) is 5.60 Å². The van der Waals surface area contributed by atoms with Gasteiger partial charge in [-0.3, -0.25) is 10.1 Å². The van der Waals surface area contributed by atoms with E-state index in [0.717, 1.165) is 11.3 Å². The zero-order valence-electron chi connectivity index (χ0n) is 16.0. The molecule has 1 fully saturated rings. The molecular weight excluding hydrogens is 338 g/mol. The summed E-state index contributed by atoms with van der Waals surface area (Å²) in [6.45, 7) is 9.57. The van der Waals surface area contributed by atoms with Crippen molar-refractivity contribution in [2.75, 3.05) is 31.6 Å². The van der Waals surface area contributed by atoms with Crippen molar-refractivity contribution >= 4 is 17.5 Å². The van der Waals surface area contributed by atoms with Crippen molar-refractivity contribution < 1.29 is 19.2 Å². The molecule has 0 aliphatic carbocycles. The van der Waals surface area contributed by atoms with E-state index in [-0.39, 0.29) is 24.4 Å². The minimum absolute atomic E-state index is 0.0378. The number of non-ortho nitro benzene ring substituents is 1. The van der Waals surface area contributed by atoms with Gasteiger partial charge in [-0.2, -0.15) is 0 Å². The van der Waals surface area contributed by atoms with E-state index < -0.39 is 10.5 Å². The van der Waals surface area contributed by atoms with Gasteiger partial charge in [-0.05, 0) is 33.8 Å². The Hall–Kier alpha value is -2.35. The van der Waals surface area contributed by atoms with E-state index in [9.17, 15) is 14.9 Å². The van der Waals surface area contributed by atoms with Crippen molar-refractivity contribution in [3.63, 3.8) is 0 Å². The molecule has 0 bridgehead atoms. The monoisotopic (exact) mass is 365 g/mol. The average Bonchev–Trinajstić information content (AvgIpc) is 2.53. The van der Waals surface area contributed by atoms with E-state index in [1.807, 2.05) is 27.7 Å². The number of hydrogen-bond donors (Lipinski definition) is 0. The van der Waals surface area contributed by atoms with Crippen molar-refractivity contribution in [1.82, 2.24) is 4.90 Å². The Bertz CT molecular complexity index is 671. The number of benzene rings is 1. The molecule has 1 aromatic rings. The van der Waals surface area contributed by atoms with Crippen LogP contribution in [0.25, 0.3) is 0 Å². The quantitative estimate of drug-likeness (QED) is 0.602. The molecule has 0 N–H and O–H groups in total. The molecule has 8 nitrogen and oxygen atoms in total. The van der Waals surface area contributed by atoms with Crippen LogP contribution in [0.2, 0.25) is 0 Å². The van der Waals surface area contributed by atoms with Crippen LogP contribution in [-0.4, -0.2) is 54.3 Å². The first kappa shape index (κ1) is 20.0. The van der Waals surface area contributed by atoms with Crippen molar-refractivity contribution in [1.29, 1.82) is 0 Å². The molecule has 144 valence electrons. The molecule has 0 radical (unpaired) electrons. The lowest BCUT2D eigenvalue weighted by atomic mass is 10.1. The molecule has 1 aromatic carbocycles. The fourth-order valence-corrected chi connectivity index (χ4v) is 3.03. The summed E-state index contributed by atoms with van der Waals surface area (Å²) in [5.41, 5.74) is 1.17. The minimum Gasteiger partial charge on any atom is -0.444 e. The first-order valence-electron chi connectivity index (χ1n) is 8.63. The predicted molar refractivity (Wildman–Crippen MR) is 98.4 cm³/mol. The van der Waals surface area contributed by atoms with E-state index >= 15 is 0 Å². The lowest BCUT2D eigenvalue weighted by molar-refractivity contribution is -0.384. The first-order chi connectivity index (χ1) is 12.1. The highest BCUT2D eigenvalue weighted by atomic mass is 16.6. The Morgan fingerprint density at radius 2 is 2.04 bits per heavy atom. The van der Waals surface area contributed by atoms with Gasteiger partial charge in [0.15, 0.2) is 0 Å². The molecule has 8 heteroatoms. The van der Waals surface area contributed by atoms with Crippen LogP contribution in [0.5, 0.6) is 0 Å². The fraction of sp³-hybridized carbons (Fsp3) is 0.611. The van der Waals surface area contributed by atoms with Crippen LogP contribution in [0.3, 0.4) is 0 Å². The number of anilines is 1. The van der Waals surface area contributed by atoms with Gasteiger partial charge in [-0.15, -0.1) is 0 Å². The molecule has 1 heterocycles. The maximum atomic E-state index is 12.3. The Balaban J connectivity index is 2.15. The van der Waals surface area contributed by atoms with E-state index in [4.69, 9.17) is 9.47 Å². The maximum absolute atomic E-state index is 12.3. The van der Waals surface area contributed by atoms with Gasteiger partial charge in [0, 0.05) is 56.2 Å². The zero-order chi connectivity index (χ0) is 19.5. The van der Waals surface area contributed by atoms with Crippen LogP contribution in [0.4, 0.5) is 16.2 Å². The van der Waals surface area contributed by atoms with Crippen LogP contribution in [0.1, 0.15) is 33.3 Å². The lowest BCUT2D eigenvalue weighted by Crippen LogP contribution is -2.55. The molecule has 0 aromatic heterocycles. The van der Waals surface area contributed by atoms with Crippen molar-refractivity contribution in [2.45, 2.75) is 45.9 Å². The standard InChI is InChI=1S/C18H27N3O5/c1-13-11-19(8-9-20(13)17(22)26-18(2,3)4)16-7-6-15(21(23)24)10-14(16)12-25-5/h6-7,10,13H,8-9,11-12H2,1-5H3/t13-/m1/s1. The second-order valence-electron chi connectivity index (χ2n) is 7.47. The molecule has 1 saturated heterocycles. The SMILES string of the molecule is COCc1cc([N+](=O)[O-])ccc1N1CCN(C(=O)OC(C)(C)C)[C@H](C)C1. The Labute approximate surface area is 153 Å². The molecular formula is C18H27N3O5. The summed E-state index contributed by atoms with van der Waals surface area (Å²) in [4.78, 5) is 26.8. The maximum Gasteiger partial charge on any atom is 0.410 e. The number of nitro benzene ring substituents is 1. The average molecular weight is 365 g/mol. The highest BCUT2D eigenvalue weighted by Gasteiger charge is 2.31. The van der Waals surface area contributed by atoms with Crippen LogP contribution in [-0.2, 0) is 16.1 Å². The van der Waals surface area contributed by atoms with Crippen LogP contribution < -0.4 is 4.90 Å². The molecule has 0 saturated carbocycles. The third-order valence-electron chi connectivity index (χ3n) is 4.17. The molecule has 1 aliphatic heterocycles. The number of methoxy groups -OCH3 is 1. The van der Waals surface area contributed by atoms with Gasteiger partial charge >= 0.3 is 6.09 Å². The molecule has 1 aliphatic rings. The van der Waals surface area contributed by atoms with Gasteiger partial charge in [-0.1, -0.05) is 0 Å². The zero-order valence-corrected chi connectivity index (χ0v) is 16.0. The number of rotatable bonds is 4. The largest absolute Gasteiger partial charge is 0.444 e. The highest BCUT2D eigenvalue weighted by molar-refractivity contribution is 5.69. The topological polar surface area (TPSA) is 85.2 Å². The van der Waals surface area contributed by atoms with Crippen molar-refractivity contribution in [3.8, 4) is 0 Å². The molecule has 2 rings (SSSR count). The Morgan fingerprint density at radius 3 is 2.58 bits per heavy atom. The number of piperazine rings is 1. The second-order valence-corrected chi connectivity index (χ2v) is 7.47. The van der Waals surface area contributed by atoms with E-state index in [1.165, 1.54) is 6.07 Å². The van der Waals surface area contributed by atoms with E-state index in [0.29, 0.717) is 19.6 Å². The second kappa shape index (κ2) is 7.90. The van der Waals surface area contributed by atoms with Gasteiger partial charge in [0.05, 0.1) is 11.5 Å². The number of nitrogens with zero attached hydrogens (tertiary/aromatic N) is 3. The number of carbonyl (C=O) groups excluding carboxylic acids is 1. The van der Waals surface area contributed by atoms with Crippen LogP contribution in [0.15, 0.2) is 18.2 Å². The molecule has 1 atom stereocenters. The number of amides is 1. The van der Waals surface area contributed by atoms with E-state index in [2.05, 4.69) is 4.90 Å². The van der Waals surface area contributed by atoms with Crippen molar-refractivity contribution in [3.05, 3.63) is 33.9 Å². The number of ether oxygens (including phenoxy) is 2. The van der Waals surface area contributed by atoms with Gasteiger partial charge in [0.25, 0.3) is 5.69 Å². The summed E-state index contributed by atoms with van der Waals surface area (Å²) in [6.07, 6.45) is -0.314. The molecule has 0 spiro atoms. The van der Waals surface area contributed by atoms with Gasteiger partial charge in [-0.25, -0.2) is 4.79 Å². The summed E-state index contributed by atoms with van der Waals surface area (Å²) in [5, 5.41) is 11.0. The highest BCUT2D eigenvalue weighted by Crippen LogP contribution is 2.28. The number of hydrogen-bond acceptors (Lipinski definition) is 6. The van der Waals surface area contributed by atoms with Crippen molar-refractivity contribution in [2.24, 2.45) is 0 Å². The smallest absolute Gasteiger partial charge is 0.410 e. The summed E-state index contributed by atoms with van der Waals surface area (Å²) in [7, 11) is 1.56. The van der Waals surface area contributed by atoms with E-state index in [1.54, 1.807) is 24.1 Å². The summed E-state index contributed by atoms with van der Waals surface area (Å²) >= 11 is 0.